The van der Waals surface area contributed by atoms with Gasteiger partial charge in [-0.2, -0.15) is 0 Å². The molecule has 0 fully saturated rings. The molecule has 0 saturated heterocycles. The number of para-hydroxylation sites is 1. The Kier molecular flexibility index (Phi) is 4.13. The minimum Gasteiger partial charge on any atom is -0.327 e. The summed E-state index contributed by atoms with van der Waals surface area (Å²) in [7, 11) is 0. The third-order valence-electron chi connectivity index (χ3n) is 3.47. The first-order chi connectivity index (χ1) is 10.2. The van der Waals surface area contributed by atoms with Gasteiger partial charge in [0, 0.05) is 11.6 Å². The summed E-state index contributed by atoms with van der Waals surface area (Å²) in [5.41, 5.74) is 2.32. The second-order valence-corrected chi connectivity index (χ2v) is 5.50. The number of aryl methyl sites for hydroxylation is 2. The van der Waals surface area contributed by atoms with Crippen molar-refractivity contribution in [3.63, 3.8) is 0 Å². The number of alkyl halides is 1. The number of fused-ring (bicyclic) bond motifs is 1. The van der Waals surface area contributed by atoms with Crippen LogP contribution in [-0.2, 0) is 18.8 Å². The van der Waals surface area contributed by atoms with Gasteiger partial charge in [0.05, 0.1) is 11.4 Å². The van der Waals surface area contributed by atoms with Gasteiger partial charge in [0.2, 0.25) is 0 Å². The highest BCUT2D eigenvalue weighted by Crippen LogP contribution is 2.21. The number of nitrogens with zero attached hydrogens (tertiary/aromatic N) is 2. The van der Waals surface area contributed by atoms with Crippen LogP contribution in [0.5, 0.6) is 0 Å². The Morgan fingerprint density at radius 2 is 1.86 bits per heavy atom. The summed E-state index contributed by atoms with van der Waals surface area (Å²) in [6, 6.07) is 12.7. The largest absolute Gasteiger partial charge is 0.327 e. The quantitative estimate of drug-likeness (QED) is 0.630. The monoisotopic (exact) mass is 322 g/mol. The average Bonchev–Trinajstić information content (AvgIpc) is 2.86. The summed E-state index contributed by atoms with van der Waals surface area (Å²) in [6.45, 7) is 0.698. The number of hydrogen-bond acceptors (Lipinski definition) is 1. The molecule has 2 nitrogen and oxygen atoms in total. The molecular formula is C16H13Cl2FN2. The van der Waals surface area contributed by atoms with Crippen molar-refractivity contribution in [1.82, 2.24) is 9.55 Å². The molecule has 1 heterocycles. The number of hydrogen-bond donors (Lipinski definition) is 0. The molecule has 0 bridgehead atoms. The van der Waals surface area contributed by atoms with Crippen LogP contribution in [0.25, 0.3) is 11.0 Å². The standard InChI is InChI=1S/C16H13Cl2FN2/c17-10-15-20-16-13(19)2-1-3-14(16)21(15)9-8-11-4-6-12(18)7-5-11/h1-7H,8-10H2. The number of benzene rings is 2. The first-order valence-corrected chi connectivity index (χ1v) is 7.54. The average molecular weight is 323 g/mol. The lowest BCUT2D eigenvalue weighted by molar-refractivity contribution is 0.637. The van der Waals surface area contributed by atoms with Crippen LogP contribution in [-0.4, -0.2) is 9.55 Å². The van der Waals surface area contributed by atoms with Crippen LogP contribution in [0, 0.1) is 5.82 Å². The van der Waals surface area contributed by atoms with Crippen LogP contribution >= 0.6 is 23.2 Å². The second-order valence-electron chi connectivity index (χ2n) is 4.80. The fourth-order valence-corrected chi connectivity index (χ4v) is 2.73. The maximum atomic E-state index is 13.8. The number of rotatable bonds is 4. The maximum Gasteiger partial charge on any atom is 0.151 e. The minimum absolute atomic E-state index is 0.259. The van der Waals surface area contributed by atoms with Gasteiger partial charge in [-0.05, 0) is 36.2 Å². The summed E-state index contributed by atoms with van der Waals surface area (Å²) in [6.07, 6.45) is 0.809. The summed E-state index contributed by atoms with van der Waals surface area (Å²) < 4.78 is 15.8. The molecule has 0 aliphatic heterocycles. The van der Waals surface area contributed by atoms with Crippen molar-refractivity contribution in [2.24, 2.45) is 0 Å². The molecule has 3 aromatic rings. The molecule has 5 heteroatoms. The van der Waals surface area contributed by atoms with E-state index in [1.165, 1.54) is 6.07 Å². The van der Waals surface area contributed by atoms with Crippen molar-refractivity contribution in [2.45, 2.75) is 18.8 Å². The van der Waals surface area contributed by atoms with Gasteiger partial charge in [0.1, 0.15) is 11.3 Å². The molecule has 0 saturated carbocycles. The summed E-state index contributed by atoms with van der Waals surface area (Å²) >= 11 is 11.8. The third kappa shape index (κ3) is 2.89. The van der Waals surface area contributed by atoms with E-state index in [-0.39, 0.29) is 11.7 Å². The molecule has 0 N–H and O–H groups in total. The van der Waals surface area contributed by atoms with Crippen molar-refractivity contribution < 1.29 is 4.39 Å². The number of aromatic nitrogens is 2. The van der Waals surface area contributed by atoms with Crippen molar-refractivity contribution in [2.75, 3.05) is 0 Å². The van der Waals surface area contributed by atoms with Gasteiger partial charge in [-0.25, -0.2) is 9.37 Å². The summed E-state index contributed by atoms with van der Waals surface area (Å²) in [4.78, 5) is 4.29. The predicted molar refractivity (Wildman–Crippen MR) is 84.4 cm³/mol. The number of halogens is 3. The van der Waals surface area contributed by atoms with Crippen LogP contribution < -0.4 is 0 Å². The molecule has 0 aliphatic rings. The lowest BCUT2D eigenvalue weighted by Gasteiger charge is -2.08. The van der Waals surface area contributed by atoms with Crippen molar-refractivity contribution in [3.8, 4) is 0 Å². The van der Waals surface area contributed by atoms with Crippen molar-refractivity contribution >= 4 is 34.2 Å². The van der Waals surface area contributed by atoms with Gasteiger partial charge in [-0.3, -0.25) is 0 Å². The van der Waals surface area contributed by atoms with E-state index in [1.54, 1.807) is 6.07 Å². The fourth-order valence-electron chi connectivity index (χ4n) is 2.40. The highest BCUT2D eigenvalue weighted by molar-refractivity contribution is 6.30. The predicted octanol–water partition coefficient (Wildman–Crippen LogP) is 4.81. The Morgan fingerprint density at radius 3 is 2.57 bits per heavy atom. The van der Waals surface area contributed by atoms with Crippen LogP contribution in [0.15, 0.2) is 42.5 Å². The van der Waals surface area contributed by atoms with Gasteiger partial charge >= 0.3 is 0 Å². The molecule has 3 rings (SSSR count). The zero-order valence-corrected chi connectivity index (χ0v) is 12.7. The third-order valence-corrected chi connectivity index (χ3v) is 3.96. The molecule has 1 aromatic heterocycles. The highest BCUT2D eigenvalue weighted by Gasteiger charge is 2.12. The fraction of sp³-hybridized carbons (Fsp3) is 0.188. The Labute approximate surface area is 132 Å². The Hall–Kier alpha value is -1.58. The van der Waals surface area contributed by atoms with Gasteiger partial charge in [-0.1, -0.05) is 29.8 Å². The Bertz CT molecular complexity index is 766. The molecule has 0 unspecified atom stereocenters. The molecule has 21 heavy (non-hydrogen) atoms. The SMILES string of the molecule is Fc1cccc2c1nc(CCl)n2CCc1ccc(Cl)cc1. The van der Waals surface area contributed by atoms with E-state index in [0.29, 0.717) is 17.9 Å². The molecule has 0 aliphatic carbocycles. The molecule has 0 amide bonds. The molecule has 0 spiro atoms. The van der Waals surface area contributed by atoms with Gasteiger partial charge in [0.15, 0.2) is 5.82 Å². The van der Waals surface area contributed by atoms with E-state index in [1.807, 2.05) is 34.9 Å². The maximum absolute atomic E-state index is 13.8. The lowest BCUT2D eigenvalue weighted by Crippen LogP contribution is -2.05. The molecule has 2 aromatic carbocycles. The van der Waals surface area contributed by atoms with E-state index < -0.39 is 0 Å². The van der Waals surface area contributed by atoms with Gasteiger partial charge in [-0.15, -0.1) is 11.6 Å². The topological polar surface area (TPSA) is 17.8 Å². The Morgan fingerprint density at radius 1 is 1.10 bits per heavy atom. The van der Waals surface area contributed by atoms with E-state index in [9.17, 15) is 4.39 Å². The van der Waals surface area contributed by atoms with E-state index >= 15 is 0 Å². The van der Waals surface area contributed by atoms with Crippen LogP contribution in [0.4, 0.5) is 4.39 Å². The van der Waals surface area contributed by atoms with Crippen LogP contribution in [0.2, 0.25) is 5.02 Å². The van der Waals surface area contributed by atoms with Crippen molar-refractivity contribution in [1.29, 1.82) is 0 Å². The van der Waals surface area contributed by atoms with Crippen LogP contribution in [0.3, 0.4) is 0 Å². The minimum atomic E-state index is -0.316. The zero-order valence-electron chi connectivity index (χ0n) is 11.2. The normalized spacial score (nSPS) is 11.2. The van der Waals surface area contributed by atoms with Gasteiger partial charge < -0.3 is 4.57 Å². The summed E-state index contributed by atoms with van der Waals surface area (Å²) in [5, 5.41) is 0.718. The first-order valence-electron chi connectivity index (χ1n) is 6.63. The van der Waals surface area contributed by atoms with Gasteiger partial charge in [0.25, 0.3) is 0 Å². The molecular weight excluding hydrogens is 310 g/mol. The van der Waals surface area contributed by atoms with E-state index in [0.717, 1.165) is 22.5 Å². The van der Waals surface area contributed by atoms with E-state index in [4.69, 9.17) is 23.2 Å². The van der Waals surface area contributed by atoms with Crippen molar-refractivity contribution in [3.05, 3.63) is 64.7 Å². The van der Waals surface area contributed by atoms with Crippen LogP contribution in [0.1, 0.15) is 11.4 Å². The number of imidazole rings is 1. The smallest absolute Gasteiger partial charge is 0.151 e. The molecule has 108 valence electrons. The van der Waals surface area contributed by atoms with E-state index in [2.05, 4.69) is 4.98 Å². The highest BCUT2D eigenvalue weighted by atomic mass is 35.5. The summed E-state index contributed by atoms with van der Waals surface area (Å²) in [5.74, 6) is 0.629. The zero-order chi connectivity index (χ0) is 14.8. The molecule has 0 radical (unpaired) electrons. The first kappa shape index (κ1) is 14.4. The molecule has 0 atom stereocenters. The lowest BCUT2D eigenvalue weighted by atomic mass is 10.1. The second kappa shape index (κ2) is 6.04. The Balaban J connectivity index is 1.92.